The van der Waals surface area contributed by atoms with E-state index < -0.39 is 27.2 Å². The third-order valence-electron chi connectivity index (χ3n) is 5.59. The Morgan fingerprint density at radius 1 is 1.09 bits per heavy atom. The second-order valence-corrected chi connectivity index (χ2v) is 11.1. The monoisotopic (exact) mass is 509 g/mol. The van der Waals surface area contributed by atoms with E-state index in [-0.39, 0.29) is 17.2 Å². The number of rotatable bonds is 9. The number of aromatic nitrogens is 1. The van der Waals surface area contributed by atoms with E-state index in [0.717, 1.165) is 31.8 Å². The van der Waals surface area contributed by atoms with E-state index in [1.807, 2.05) is 0 Å². The molecule has 0 atom stereocenters. The van der Waals surface area contributed by atoms with Crippen molar-refractivity contribution in [3.05, 3.63) is 54.1 Å². The minimum atomic E-state index is -3.76. The molecular formula is C23H25F2N3O4S2. The highest BCUT2D eigenvalue weighted by Gasteiger charge is 2.24. The van der Waals surface area contributed by atoms with Gasteiger partial charge in [0.05, 0.1) is 34.1 Å². The zero-order valence-electron chi connectivity index (χ0n) is 18.5. The van der Waals surface area contributed by atoms with Crippen LogP contribution < -0.4 is 4.90 Å². The van der Waals surface area contributed by atoms with Crippen molar-refractivity contribution >= 4 is 42.4 Å². The summed E-state index contributed by atoms with van der Waals surface area (Å²) in [5, 5.41) is 0.409. The number of fused-ring (bicyclic) bond motifs is 1. The molecule has 4 rings (SSSR count). The van der Waals surface area contributed by atoms with Crippen molar-refractivity contribution in [2.45, 2.75) is 17.7 Å². The van der Waals surface area contributed by atoms with Crippen LogP contribution in [0.2, 0.25) is 0 Å². The number of halogens is 2. The van der Waals surface area contributed by atoms with Crippen LogP contribution in [0.5, 0.6) is 0 Å². The Labute approximate surface area is 200 Å². The van der Waals surface area contributed by atoms with Crippen LogP contribution in [0.4, 0.5) is 13.9 Å². The molecule has 1 aromatic heterocycles. The average molecular weight is 510 g/mol. The molecule has 1 amide bonds. The highest BCUT2D eigenvalue weighted by molar-refractivity contribution is 7.91. The molecule has 11 heteroatoms. The number of amides is 1. The minimum absolute atomic E-state index is 0.0315. The number of morpholine rings is 1. The van der Waals surface area contributed by atoms with Crippen LogP contribution in [-0.2, 0) is 19.4 Å². The Balaban J connectivity index is 1.48. The number of benzene rings is 2. The van der Waals surface area contributed by atoms with Gasteiger partial charge in [0, 0.05) is 32.6 Å². The van der Waals surface area contributed by atoms with Crippen LogP contribution in [0.15, 0.2) is 47.4 Å². The highest BCUT2D eigenvalue weighted by Crippen LogP contribution is 2.30. The molecule has 2 heterocycles. The van der Waals surface area contributed by atoms with E-state index in [2.05, 4.69) is 9.88 Å². The van der Waals surface area contributed by atoms with Gasteiger partial charge in [-0.2, -0.15) is 0 Å². The lowest BCUT2D eigenvalue weighted by Crippen LogP contribution is -2.39. The second kappa shape index (κ2) is 10.9. The molecule has 182 valence electrons. The average Bonchev–Trinajstić information content (AvgIpc) is 3.24. The summed E-state index contributed by atoms with van der Waals surface area (Å²) in [6.07, 6.45) is 0.419. The molecule has 0 saturated carbocycles. The topological polar surface area (TPSA) is 79.8 Å². The van der Waals surface area contributed by atoms with E-state index >= 15 is 0 Å². The van der Waals surface area contributed by atoms with Crippen molar-refractivity contribution in [1.82, 2.24) is 9.88 Å². The molecule has 0 bridgehead atoms. The van der Waals surface area contributed by atoms with Crippen molar-refractivity contribution < 1.29 is 26.7 Å². The predicted molar refractivity (Wildman–Crippen MR) is 127 cm³/mol. The van der Waals surface area contributed by atoms with Gasteiger partial charge in [0.15, 0.2) is 15.0 Å². The van der Waals surface area contributed by atoms with Gasteiger partial charge in [-0.3, -0.25) is 14.6 Å². The summed E-state index contributed by atoms with van der Waals surface area (Å²) in [7, 11) is -3.76. The third-order valence-corrected chi connectivity index (χ3v) is 8.36. The molecule has 1 aliphatic heterocycles. The van der Waals surface area contributed by atoms with E-state index in [0.29, 0.717) is 41.5 Å². The zero-order chi connectivity index (χ0) is 24.1. The van der Waals surface area contributed by atoms with E-state index in [1.165, 1.54) is 40.5 Å². The van der Waals surface area contributed by atoms with Crippen LogP contribution in [-0.4, -0.2) is 69.4 Å². The first-order chi connectivity index (χ1) is 16.3. The van der Waals surface area contributed by atoms with Crippen molar-refractivity contribution in [3.63, 3.8) is 0 Å². The molecule has 3 aromatic rings. The summed E-state index contributed by atoms with van der Waals surface area (Å²) < 4.78 is 58.0. The molecule has 7 nitrogen and oxygen atoms in total. The van der Waals surface area contributed by atoms with Crippen molar-refractivity contribution in [2.24, 2.45) is 0 Å². The van der Waals surface area contributed by atoms with Crippen LogP contribution in [0.25, 0.3) is 10.2 Å². The number of carbonyl (C=O) groups is 1. The number of thiazole rings is 1. The number of hydrogen-bond donors (Lipinski definition) is 0. The molecule has 1 saturated heterocycles. The van der Waals surface area contributed by atoms with Gasteiger partial charge in [-0.25, -0.2) is 22.2 Å². The van der Waals surface area contributed by atoms with Gasteiger partial charge in [0.25, 0.3) is 0 Å². The maximum Gasteiger partial charge on any atom is 0.229 e. The van der Waals surface area contributed by atoms with Gasteiger partial charge < -0.3 is 4.74 Å². The van der Waals surface area contributed by atoms with Crippen LogP contribution in [0, 0.1) is 11.6 Å². The molecule has 0 N–H and O–H groups in total. The van der Waals surface area contributed by atoms with Crippen LogP contribution >= 0.6 is 11.3 Å². The summed E-state index contributed by atoms with van der Waals surface area (Å²) in [6, 6.07) is 8.77. The Morgan fingerprint density at radius 2 is 1.79 bits per heavy atom. The highest BCUT2D eigenvalue weighted by atomic mass is 32.2. The van der Waals surface area contributed by atoms with E-state index in [1.54, 1.807) is 6.07 Å². The fourth-order valence-corrected chi connectivity index (χ4v) is 5.99. The molecule has 0 aliphatic carbocycles. The van der Waals surface area contributed by atoms with E-state index in [9.17, 15) is 22.0 Å². The lowest BCUT2D eigenvalue weighted by Gasteiger charge is -2.27. The lowest BCUT2D eigenvalue weighted by atomic mass is 10.3. The lowest BCUT2D eigenvalue weighted by molar-refractivity contribution is -0.118. The first-order valence-corrected chi connectivity index (χ1v) is 13.4. The quantitative estimate of drug-likeness (QED) is 0.411. The third kappa shape index (κ3) is 6.15. The van der Waals surface area contributed by atoms with Gasteiger partial charge >= 0.3 is 0 Å². The van der Waals surface area contributed by atoms with Crippen molar-refractivity contribution in [3.8, 4) is 0 Å². The molecule has 1 fully saturated rings. The van der Waals surface area contributed by atoms with E-state index in [4.69, 9.17) is 4.74 Å². The Hall–Kier alpha value is -2.47. The number of hydrogen-bond acceptors (Lipinski definition) is 7. The summed E-state index contributed by atoms with van der Waals surface area (Å²) in [6.45, 7) is 4.12. The maximum atomic E-state index is 13.6. The van der Waals surface area contributed by atoms with Gasteiger partial charge in [0.2, 0.25) is 5.91 Å². The van der Waals surface area contributed by atoms with Gasteiger partial charge in [0.1, 0.15) is 11.6 Å². The molecule has 34 heavy (non-hydrogen) atoms. The molecule has 0 spiro atoms. The van der Waals surface area contributed by atoms with Gasteiger partial charge in [-0.05, 0) is 48.9 Å². The predicted octanol–water partition coefficient (Wildman–Crippen LogP) is 3.49. The fraction of sp³-hybridized carbons (Fsp3) is 0.391. The number of ether oxygens (including phenoxy) is 1. The van der Waals surface area contributed by atoms with Crippen molar-refractivity contribution in [1.29, 1.82) is 0 Å². The Kier molecular flexibility index (Phi) is 7.87. The summed E-state index contributed by atoms with van der Waals surface area (Å²) in [5.74, 6) is -1.71. The van der Waals surface area contributed by atoms with Gasteiger partial charge in [-0.1, -0.05) is 11.3 Å². The fourth-order valence-electron chi connectivity index (χ4n) is 3.72. The molecular weight excluding hydrogens is 484 g/mol. The number of carbonyl (C=O) groups excluding carboxylic acids is 1. The largest absolute Gasteiger partial charge is 0.379 e. The summed E-state index contributed by atoms with van der Waals surface area (Å²) in [4.78, 5) is 21.4. The molecule has 0 radical (unpaired) electrons. The summed E-state index contributed by atoms with van der Waals surface area (Å²) in [5.41, 5.74) is 0.575. The Bertz CT molecular complexity index is 1240. The second-order valence-electron chi connectivity index (χ2n) is 7.98. The number of nitrogens with zero attached hydrogens (tertiary/aromatic N) is 3. The molecule has 0 unspecified atom stereocenters. The maximum absolute atomic E-state index is 13.6. The first-order valence-electron chi connectivity index (χ1n) is 11.0. The summed E-state index contributed by atoms with van der Waals surface area (Å²) >= 11 is 1.19. The first kappa shape index (κ1) is 24.6. The van der Waals surface area contributed by atoms with Gasteiger partial charge in [-0.15, -0.1) is 0 Å². The number of anilines is 1. The minimum Gasteiger partial charge on any atom is -0.379 e. The van der Waals surface area contributed by atoms with Crippen LogP contribution in [0.3, 0.4) is 0 Å². The Morgan fingerprint density at radius 3 is 2.53 bits per heavy atom. The smallest absolute Gasteiger partial charge is 0.229 e. The molecule has 2 aromatic carbocycles. The zero-order valence-corrected chi connectivity index (χ0v) is 20.1. The van der Waals surface area contributed by atoms with Crippen molar-refractivity contribution in [2.75, 3.05) is 50.0 Å². The van der Waals surface area contributed by atoms with Crippen LogP contribution in [0.1, 0.15) is 12.8 Å². The number of sulfone groups is 1. The standard InChI is InChI=1S/C23H25F2N3O4S2/c24-17-2-5-19(6-3-17)34(30,31)15-8-22(29)28(10-1-9-27-11-13-32-14-12-27)23-26-20-7-4-18(25)16-21(20)33-23/h2-7,16H,1,8-15H2. The normalized spacial score (nSPS) is 15.0. The SMILES string of the molecule is O=C(CCS(=O)(=O)c1ccc(F)cc1)N(CCCN1CCOCC1)c1nc2ccc(F)cc2s1. The molecule has 1 aliphatic rings.